The number of hydrogen-bond acceptors (Lipinski definition) is 2. The summed E-state index contributed by atoms with van der Waals surface area (Å²) < 4.78 is 11.3. The van der Waals surface area contributed by atoms with Gasteiger partial charge in [-0.1, -0.05) is 0 Å². The molecule has 0 spiro atoms. The third kappa shape index (κ3) is 8.17. The Morgan fingerprint density at radius 2 is 1.37 bits per heavy atom. The number of esters is 1. The van der Waals surface area contributed by atoms with Gasteiger partial charge in [0.2, 0.25) is 0 Å². The molecular formula is C24H42O2Sn. The van der Waals surface area contributed by atoms with Crippen molar-refractivity contribution in [2.24, 2.45) is 0 Å². The zero-order valence-corrected chi connectivity index (χ0v) is 21.3. The van der Waals surface area contributed by atoms with Gasteiger partial charge >= 0.3 is 173 Å². The number of benzene rings is 1. The Hall–Kier alpha value is -0.511. The van der Waals surface area contributed by atoms with Crippen molar-refractivity contribution in [2.75, 3.05) is 6.61 Å². The monoisotopic (exact) mass is 482 g/mol. The second kappa shape index (κ2) is 13.6. The summed E-state index contributed by atoms with van der Waals surface area (Å²) in [5, 5.41) is 0. The van der Waals surface area contributed by atoms with Gasteiger partial charge in [0.1, 0.15) is 0 Å². The zero-order valence-electron chi connectivity index (χ0n) is 18.5. The van der Waals surface area contributed by atoms with E-state index in [4.69, 9.17) is 4.74 Å². The summed E-state index contributed by atoms with van der Waals surface area (Å²) >= 11 is -2.33. The van der Waals surface area contributed by atoms with E-state index < -0.39 is 18.4 Å². The molecule has 0 aromatic heterocycles. The molecule has 0 amide bonds. The van der Waals surface area contributed by atoms with Gasteiger partial charge < -0.3 is 0 Å². The van der Waals surface area contributed by atoms with Crippen molar-refractivity contribution in [1.82, 2.24) is 0 Å². The van der Waals surface area contributed by atoms with Crippen molar-refractivity contribution in [2.45, 2.75) is 98.8 Å². The van der Waals surface area contributed by atoms with Crippen LogP contribution in [-0.4, -0.2) is 31.0 Å². The molecule has 0 N–H and O–H groups in total. The summed E-state index contributed by atoms with van der Waals surface area (Å²) in [7, 11) is 0. The van der Waals surface area contributed by atoms with Gasteiger partial charge in [-0.2, -0.15) is 0 Å². The van der Waals surface area contributed by atoms with Crippen LogP contribution in [0.25, 0.3) is 0 Å². The van der Waals surface area contributed by atoms with Gasteiger partial charge in [0, 0.05) is 0 Å². The number of ether oxygens (including phenoxy) is 1. The van der Waals surface area contributed by atoms with Gasteiger partial charge in [-0.25, -0.2) is 0 Å². The molecule has 1 aromatic carbocycles. The first-order valence-electron chi connectivity index (χ1n) is 11.3. The molecule has 0 radical (unpaired) electrons. The molecule has 0 aliphatic heterocycles. The van der Waals surface area contributed by atoms with Crippen LogP contribution in [0.4, 0.5) is 0 Å². The van der Waals surface area contributed by atoms with Crippen molar-refractivity contribution >= 4 is 27.9 Å². The van der Waals surface area contributed by atoms with E-state index in [1.807, 2.05) is 6.92 Å². The van der Waals surface area contributed by atoms with Gasteiger partial charge in [-0.05, 0) is 0 Å². The zero-order chi connectivity index (χ0) is 20.1. The summed E-state index contributed by atoms with van der Waals surface area (Å²) in [4.78, 5) is 11.8. The number of carbonyl (C=O) groups excluding carboxylic acids is 1. The van der Waals surface area contributed by atoms with Crippen molar-refractivity contribution in [3.05, 3.63) is 29.8 Å². The Balaban J connectivity index is 3.01. The summed E-state index contributed by atoms with van der Waals surface area (Å²) in [6.07, 6.45) is 8.59. The van der Waals surface area contributed by atoms with Crippen LogP contribution in [0.3, 0.4) is 0 Å². The first-order valence-corrected chi connectivity index (χ1v) is 18.8. The van der Waals surface area contributed by atoms with E-state index in [1.165, 1.54) is 57.4 Å². The molecule has 27 heavy (non-hydrogen) atoms. The summed E-state index contributed by atoms with van der Waals surface area (Å²) in [5.74, 6) is 0.140. The molecule has 0 fully saturated rings. The second-order valence-electron chi connectivity index (χ2n) is 8.12. The molecule has 0 aliphatic carbocycles. The van der Waals surface area contributed by atoms with Crippen LogP contribution in [0.5, 0.6) is 0 Å². The van der Waals surface area contributed by atoms with Crippen molar-refractivity contribution in [3.8, 4) is 0 Å². The van der Waals surface area contributed by atoms with Gasteiger partial charge in [0.15, 0.2) is 0 Å². The SMILES string of the molecule is CCC[CH2][Sn]([CH2]CCC)([CH2]CCC)[c]1ccc(C(C)CC(=O)OCC)cc1. The molecule has 1 rings (SSSR count). The summed E-state index contributed by atoms with van der Waals surface area (Å²) in [6.45, 7) is 11.5. The average Bonchev–Trinajstić information content (AvgIpc) is 2.68. The minimum absolute atomic E-state index is 0.0866. The number of unbranched alkanes of at least 4 members (excludes halogenated alkanes) is 3. The van der Waals surface area contributed by atoms with E-state index >= 15 is 0 Å². The van der Waals surface area contributed by atoms with E-state index in [-0.39, 0.29) is 11.9 Å². The number of carbonyl (C=O) groups is 1. The fourth-order valence-electron chi connectivity index (χ4n) is 4.11. The van der Waals surface area contributed by atoms with Crippen LogP contribution >= 0.6 is 0 Å². The first kappa shape index (κ1) is 24.5. The Bertz CT molecular complexity index is 502. The maximum atomic E-state index is 11.8. The van der Waals surface area contributed by atoms with Crippen molar-refractivity contribution in [3.63, 3.8) is 0 Å². The van der Waals surface area contributed by atoms with E-state index in [2.05, 4.69) is 52.0 Å². The van der Waals surface area contributed by atoms with E-state index in [0.717, 1.165) is 0 Å². The molecule has 2 nitrogen and oxygen atoms in total. The summed E-state index contributed by atoms with van der Waals surface area (Å²) in [6, 6.07) is 9.48. The van der Waals surface area contributed by atoms with E-state index in [9.17, 15) is 4.79 Å². The Morgan fingerprint density at radius 3 is 1.78 bits per heavy atom. The Kier molecular flexibility index (Phi) is 12.4. The van der Waals surface area contributed by atoms with Gasteiger partial charge in [0.25, 0.3) is 0 Å². The number of rotatable bonds is 14. The second-order valence-corrected chi connectivity index (χ2v) is 21.4. The topological polar surface area (TPSA) is 26.3 Å². The molecule has 0 saturated heterocycles. The third-order valence-corrected chi connectivity index (χ3v) is 21.6. The normalized spacial score (nSPS) is 12.8. The number of hydrogen-bond donors (Lipinski definition) is 0. The minimum atomic E-state index is -2.33. The van der Waals surface area contributed by atoms with Crippen molar-refractivity contribution < 1.29 is 9.53 Å². The molecule has 3 heteroatoms. The Labute approximate surface area is 172 Å². The molecule has 154 valence electrons. The van der Waals surface area contributed by atoms with Gasteiger partial charge in [-0.15, -0.1) is 0 Å². The Morgan fingerprint density at radius 1 is 0.889 bits per heavy atom. The molecule has 1 unspecified atom stereocenters. The molecule has 0 bridgehead atoms. The van der Waals surface area contributed by atoms with Crippen LogP contribution in [-0.2, 0) is 9.53 Å². The van der Waals surface area contributed by atoms with Crippen molar-refractivity contribution in [1.29, 1.82) is 0 Å². The molecule has 0 aliphatic rings. The molecule has 1 aromatic rings. The van der Waals surface area contributed by atoms with Crippen LogP contribution in [0.15, 0.2) is 24.3 Å². The molecular weight excluding hydrogens is 439 g/mol. The van der Waals surface area contributed by atoms with Crippen LogP contribution in [0.2, 0.25) is 13.3 Å². The fraction of sp³-hybridized carbons (Fsp3) is 0.708. The van der Waals surface area contributed by atoms with Crippen LogP contribution in [0, 0.1) is 0 Å². The molecule has 0 heterocycles. The maximum absolute atomic E-state index is 11.8. The quantitative estimate of drug-likeness (QED) is 0.216. The fourth-order valence-corrected chi connectivity index (χ4v) is 20.0. The third-order valence-electron chi connectivity index (χ3n) is 5.90. The first-order chi connectivity index (χ1) is 13.0. The van der Waals surface area contributed by atoms with E-state index in [1.54, 1.807) is 3.58 Å². The molecule has 0 saturated carbocycles. The van der Waals surface area contributed by atoms with Gasteiger partial charge in [0.05, 0.1) is 0 Å². The van der Waals surface area contributed by atoms with Crippen LogP contribution < -0.4 is 3.58 Å². The standard InChI is InChI=1S/C12H15O2.3C4H9.Sn/c1-3-14-12(13)9-10(2)11-7-5-4-6-8-11;3*1-3-4-2;/h5-8,10H,3,9H2,1-2H3;3*1,3-4H2,2H3;. The van der Waals surface area contributed by atoms with E-state index in [0.29, 0.717) is 13.0 Å². The predicted octanol–water partition coefficient (Wildman–Crippen LogP) is 6.80. The predicted molar refractivity (Wildman–Crippen MR) is 121 cm³/mol. The summed E-state index contributed by atoms with van der Waals surface area (Å²) in [5.41, 5.74) is 1.27. The molecule has 1 atom stereocenters. The van der Waals surface area contributed by atoms with Crippen LogP contribution in [0.1, 0.15) is 91.0 Å². The van der Waals surface area contributed by atoms with Gasteiger partial charge in [-0.3, -0.25) is 0 Å². The average molecular weight is 481 g/mol.